The highest BCUT2D eigenvalue weighted by molar-refractivity contribution is 7.79. The molecule has 1 heterocycles. The van der Waals surface area contributed by atoms with Gasteiger partial charge >= 0.3 is 0 Å². The molecule has 0 spiro atoms. The molecule has 2 aromatic rings. The van der Waals surface area contributed by atoms with Crippen LogP contribution in [0.3, 0.4) is 0 Å². The summed E-state index contributed by atoms with van der Waals surface area (Å²) in [6.07, 6.45) is 2.84. The fourth-order valence-electron chi connectivity index (χ4n) is 1.11. The molecule has 14 heavy (non-hydrogen) atoms. The monoisotopic (exact) mass is 208 g/mol. The van der Waals surface area contributed by atoms with Crippen molar-refractivity contribution in [3.8, 4) is 11.3 Å². The second-order valence-electron chi connectivity index (χ2n) is 2.63. The van der Waals surface area contributed by atoms with Crippen LogP contribution in [0.15, 0.2) is 46.2 Å². The predicted molar refractivity (Wildman–Crippen MR) is 49.1 cm³/mol. The Morgan fingerprint density at radius 1 is 1.43 bits per heavy atom. The van der Waals surface area contributed by atoms with Gasteiger partial charge in [0.1, 0.15) is 0 Å². The molecule has 0 fully saturated rings. The third-order valence-corrected chi connectivity index (χ3v) is 2.38. The van der Waals surface area contributed by atoms with Crippen molar-refractivity contribution in [2.75, 3.05) is 0 Å². The van der Waals surface area contributed by atoms with E-state index >= 15 is 0 Å². The second-order valence-corrected chi connectivity index (χ2v) is 3.57. The van der Waals surface area contributed by atoms with Crippen LogP contribution in [0, 0.1) is 0 Å². The van der Waals surface area contributed by atoms with Crippen LogP contribution in [-0.2, 0) is 11.1 Å². The molecule has 0 saturated carbocycles. The first-order valence-electron chi connectivity index (χ1n) is 3.85. The van der Waals surface area contributed by atoms with Crippen molar-refractivity contribution in [3.05, 3.63) is 36.9 Å². The summed E-state index contributed by atoms with van der Waals surface area (Å²) in [7, 11) is 0. The number of benzene rings is 1. The van der Waals surface area contributed by atoms with E-state index < -0.39 is 11.1 Å². The summed E-state index contributed by atoms with van der Waals surface area (Å²) in [5.41, 5.74) is 0.698. The van der Waals surface area contributed by atoms with Crippen molar-refractivity contribution in [2.24, 2.45) is 0 Å². The van der Waals surface area contributed by atoms with Crippen molar-refractivity contribution < 1.29 is 13.2 Å². The van der Waals surface area contributed by atoms with Crippen LogP contribution in [-0.4, -0.2) is 13.7 Å². The highest BCUT2D eigenvalue weighted by Crippen LogP contribution is 2.20. The maximum atomic E-state index is 10.7. The number of aromatic nitrogens is 1. The summed E-state index contributed by atoms with van der Waals surface area (Å²) in [4.78, 5) is 3.99. The van der Waals surface area contributed by atoms with E-state index in [0.29, 0.717) is 11.3 Å². The summed E-state index contributed by atoms with van der Waals surface area (Å²) in [6.45, 7) is 0. The average molecular weight is 208 g/mol. The molecule has 5 heteroatoms. The Labute approximate surface area is 82.9 Å². The van der Waals surface area contributed by atoms with Gasteiger partial charge in [-0.15, -0.1) is 0 Å². The third kappa shape index (κ3) is 1.73. The summed E-state index contributed by atoms with van der Waals surface area (Å²) >= 11 is -2.21. The van der Waals surface area contributed by atoms with E-state index in [4.69, 9.17) is 4.42 Å². The zero-order valence-corrected chi connectivity index (χ0v) is 7.86. The Balaban J connectivity index is 2.46. The lowest BCUT2D eigenvalue weighted by atomic mass is 10.2. The Bertz CT molecular complexity index is 453. The second kappa shape index (κ2) is 3.73. The molecule has 1 aromatic heterocycles. The summed E-state index contributed by atoms with van der Waals surface area (Å²) in [6, 6.07) is 6.46. The molecule has 4 nitrogen and oxygen atoms in total. The zero-order valence-electron chi connectivity index (χ0n) is 7.04. The molecule has 0 aliphatic heterocycles. The van der Waals surface area contributed by atoms with Gasteiger partial charge in [0.05, 0.1) is 6.20 Å². The van der Waals surface area contributed by atoms with Gasteiger partial charge in [-0.1, -0.05) is 12.1 Å². The molecule has 0 aliphatic carbocycles. The van der Waals surface area contributed by atoms with Crippen LogP contribution in [0.5, 0.6) is 0 Å². The van der Waals surface area contributed by atoms with Gasteiger partial charge in [-0.05, 0) is 23.2 Å². The Morgan fingerprint density at radius 2 is 2.29 bits per heavy atom. The largest absolute Gasteiger partial charge is 0.768 e. The predicted octanol–water partition coefficient (Wildman–Crippen LogP) is 1.58. The van der Waals surface area contributed by atoms with Crippen LogP contribution < -0.4 is 0 Å². The van der Waals surface area contributed by atoms with Crippen molar-refractivity contribution in [3.63, 3.8) is 0 Å². The molecule has 1 aromatic carbocycles. The molecule has 0 saturated heterocycles. The van der Waals surface area contributed by atoms with E-state index in [0.717, 1.165) is 0 Å². The van der Waals surface area contributed by atoms with E-state index in [1.165, 1.54) is 24.7 Å². The quantitative estimate of drug-likeness (QED) is 0.703. The molecular weight excluding hydrogens is 202 g/mol. The maximum absolute atomic E-state index is 10.7. The molecule has 2 rings (SSSR count). The minimum Gasteiger partial charge on any atom is -0.768 e. The minimum atomic E-state index is -2.21. The SMILES string of the molecule is O=S([O-])c1cccc(-c2cnco2)c1. The molecule has 0 N–H and O–H groups in total. The highest BCUT2D eigenvalue weighted by atomic mass is 32.2. The number of oxazole rings is 1. The van der Waals surface area contributed by atoms with Crippen molar-refractivity contribution in [1.29, 1.82) is 0 Å². The molecule has 72 valence electrons. The van der Waals surface area contributed by atoms with E-state index in [9.17, 15) is 8.76 Å². The lowest BCUT2D eigenvalue weighted by molar-refractivity contribution is 0.537. The number of hydrogen-bond donors (Lipinski definition) is 0. The fraction of sp³-hybridized carbons (Fsp3) is 0. The normalized spacial score (nSPS) is 12.6. The van der Waals surface area contributed by atoms with Crippen LogP contribution in [0.4, 0.5) is 0 Å². The molecule has 1 unspecified atom stereocenters. The zero-order chi connectivity index (χ0) is 9.97. The van der Waals surface area contributed by atoms with Gasteiger partial charge in [0.2, 0.25) is 0 Å². The topological polar surface area (TPSA) is 66.2 Å². The van der Waals surface area contributed by atoms with Crippen LogP contribution in [0.1, 0.15) is 0 Å². The first kappa shape index (κ1) is 9.11. The molecule has 0 amide bonds. The summed E-state index contributed by atoms with van der Waals surface area (Å²) in [5, 5.41) is 0. The van der Waals surface area contributed by atoms with Gasteiger partial charge in [-0.3, -0.25) is 4.21 Å². The van der Waals surface area contributed by atoms with Crippen LogP contribution in [0.25, 0.3) is 11.3 Å². The van der Waals surface area contributed by atoms with Crippen molar-refractivity contribution in [1.82, 2.24) is 4.98 Å². The maximum Gasteiger partial charge on any atom is 0.181 e. The third-order valence-electron chi connectivity index (χ3n) is 1.74. The van der Waals surface area contributed by atoms with Gasteiger partial charge in [0, 0.05) is 10.5 Å². The molecule has 0 aliphatic rings. The molecule has 0 bridgehead atoms. The summed E-state index contributed by atoms with van der Waals surface area (Å²) < 4.78 is 26.4. The van der Waals surface area contributed by atoms with E-state index in [2.05, 4.69) is 4.98 Å². The lowest BCUT2D eigenvalue weighted by Gasteiger charge is -2.05. The minimum absolute atomic E-state index is 0.235. The van der Waals surface area contributed by atoms with Gasteiger partial charge in [0.15, 0.2) is 12.2 Å². The van der Waals surface area contributed by atoms with Crippen LogP contribution >= 0.6 is 0 Å². The Hall–Kier alpha value is -1.46. The smallest absolute Gasteiger partial charge is 0.181 e. The Morgan fingerprint density at radius 3 is 2.93 bits per heavy atom. The molecule has 0 radical (unpaired) electrons. The molecule has 1 atom stereocenters. The van der Waals surface area contributed by atoms with Gasteiger partial charge in [-0.2, -0.15) is 0 Å². The lowest BCUT2D eigenvalue weighted by Crippen LogP contribution is -1.88. The van der Waals surface area contributed by atoms with Crippen molar-refractivity contribution >= 4 is 11.1 Å². The van der Waals surface area contributed by atoms with Crippen molar-refractivity contribution in [2.45, 2.75) is 4.90 Å². The standard InChI is InChI=1S/C9H7NO3S/c11-14(12)8-3-1-2-7(4-8)9-5-10-6-13-9/h1-6H,(H,11,12)/p-1. The first-order valence-corrected chi connectivity index (χ1v) is 4.93. The molecular formula is C9H6NO3S-. The Kier molecular flexibility index (Phi) is 2.43. The fourth-order valence-corrected chi connectivity index (χ4v) is 1.52. The van der Waals surface area contributed by atoms with E-state index in [1.807, 2.05) is 0 Å². The van der Waals surface area contributed by atoms with Crippen LogP contribution in [0.2, 0.25) is 0 Å². The highest BCUT2D eigenvalue weighted by Gasteiger charge is 2.01. The number of hydrogen-bond acceptors (Lipinski definition) is 4. The number of rotatable bonds is 2. The van der Waals surface area contributed by atoms with Gasteiger partial charge in [-0.25, -0.2) is 4.98 Å². The summed E-state index contributed by atoms with van der Waals surface area (Å²) in [5.74, 6) is 0.553. The van der Waals surface area contributed by atoms with Gasteiger partial charge < -0.3 is 8.97 Å². The number of nitrogens with zero attached hydrogens (tertiary/aromatic N) is 1. The first-order chi connectivity index (χ1) is 6.77. The average Bonchev–Trinajstić information content (AvgIpc) is 2.71. The van der Waals surface area contributed by atoms with Gasteiger partial charge in [0.25, 0.3) is 0 Å². The van der Waals surface area contributed by atoms with E-state index in [-0.39, 0.29) is 4.90 Å². The van der Waals surface area contributed by atoms with E-state index in [1.54, 1.807) is 12.1 Å².